The normalized spacial score (nSPS) is 21.1. The molecular formula is C18H26N4O3S. The molecule has 0 saturated heterocycles. The number of ether oxygens (including phenoxy) is 1. The highest BCUT2D eigenvalue weighted by Gasteiger charge is 2.27. The number of methoxy groups -OCH3 is 1. The Kier molecular flexibility index (Phi) is 5.64. The summed E-state index contributed by atoms with van der Waals surface area (Å²) in [6.45, 7) is 0. The van der Waals surface area contributed by atoms with Crippen LogP contribution in [0.3, 0.4) is 0 Å². The highest BCUT2D eigenvalue weighted by molar-refractivity contribution is 7.87. The fourth-order valence-corrected chi connectivity index (χ4v) is 4.18. The van der Waals surface area contributed by atoms with E-state index in [1.165, 1.54) is 4.31 Å². The smallest absolute Gasteiger partial charge is 0.279 e. The van der Waals surface area contributed by atoms with Crippen LogP contribution in [0.1, 0.15) is 37.3 Å². The van der Waals surface area contributed by atoms with Crippen molar-refractivity contribution in [3.8, 4) is 17.0 Å². The van der Waals surface area contributed by atoms with Gasteiger partial charge in [0, 0.05) is 37.3 Å². The number of benzene rings is 1. The van der Waals surface area contributed by atoms with E-state index in [1.807, 2.05) is 24.3 Å². The van der Waals surface area contributed by atoms with Crippen molar-refractivity contribution >= 4 is 10.2 Å². The van der Waals surface area contributed by atoms with Gasteiger partial charge in [-0.25, -0.2) is 0 Å². The molecule has 2 aromatic rings. The van der Waals surface area contributed by atoms with Gasteiger partial charge >= 0.3 is 0 Å². The summed E-state index contributed by atoms with van der Waals surface area (Å²) in [7, 11) is 1.36. The molecule has 1 aliphatic carbocycles. The summed E-state index contributed by atoms with van der Waals surface area (Å²) in [5, 5.41) is 7.59. The monoisotopic (exact) mass is 378 g/mol. The van der Waals surface area contributed by atoms with Crippen LogP contribution in [0.15, 0.2) is 30.3 Å². The van der Waals surface area contributed by atoms with Crippen LogP contribution in [0.25, 0.3) is 11.3 Å². The molecule has 26 heavy (non-hydrogen) atoms. The van der Waals surface area contributed by atoms with Crippen LogP contribution in [-0.2, 0) is 10.2 Å². The van der Waals surface area contributed by atoms with E-state index in [0.29, 0.717) is 5.92 Å². The molecule has 0 amide bonds. The molecule has 1 aromatic carbocycles. The molecule has 1 saturated carbocycles. The van der Waals surface area contributed by atoms with E-state index in [2.05, 4.69) is 21.0 Å². The Morgan fingerprint density at radius 2 is 1.92 bits per heavy atom. The molecule has 1 aliphatic rings. The lowest BCUT2D eigenvalue weighted by atomic mass is 9.84. The van der Waals surface area contributed by atoms with Gasteiger partial charge in [-0.2, -0.15) is 22.5 Å². The van der Waals surface area contributed by atoms with E-state index in [4.69, 9.17) is 4.74 Å². The number of nitrogens with zero attached hydrogens (tertiary/aromatic N) is 2. The summed E-state index contributed by atoms with van der Waals surface area (Å²) >= 11 is 0. The molecule has 0 bridgehead atoms. The predicted octanol–water partition coefficient (Wildman–Crippen LogP) is 2.51. The quantitative estimate of drug-likeness (QED) is 0.808. The largest absolute Gasteiger partial charge is 0.497 e. The summed E-state index contributed by atoms with van der Waals surface area (Å²) in [5.41, 5.74) is 3.02. The van der Waals surface area contributed by atoms with Crippen molar-refractivity contribution in [2.24, 2.45) is 0 Å². The number of H-pyrrole nitrogens is 1. The molecule has 0 aliphatic heterocycles. The molecular weight excluding hydrogens is 352 g/mol. The van der Waals surface area contributed by atoms with Crippen molar-refractivity contribution in [3.05, 3.63) is 36.0 Å². The van der Waals surface area contributed by atoms with E-state index >= 15 is 0 Å². The zero-order valence-corrected chi connectivity index (χ0v) is 16.2. The van der Waals surface area contributed by atoms with Gasteiger partial charge in [-0.1, -0.05) is 12.1 Å². The maximum Gasteiger partial charge on any atom is 0.279 e. The average molecular weight is 378 g/mol. The zero-order chi connectivity index (χ0) is 18.7. The van der Waals surface area contributed by atoms with Crippen molar-refractivity contribution < 1.29 is 13.2 Å². The number of nitrogens with one attached hydrogen (secondary N) is 2. The lowest BCUT2D eigenvalue weighted by Gasteiger charge is -2.29. The summed E-state index contributed by atoms with van der Waals surface area (Å²) in [5.74, 6) is 1.18. The van der Waals surface area contributed by atoms with Gasteiger partial charge in [0.15, 0.2) is 0 Å². The van der Waals surface area contributed by atoms with Crippen LogP contribution < -0.4 is 9.46 Å². The first kappa shape index (κ1) is 18.9. The fourth-order valence-electron chi connectivity index (χ4n) is 3.31. The highest BCUT2D eigenvalue weighted by Crippen LogP contribution is 2.34. The summed E-state index contributed by atoms with van der Waals surface area (Å²) in [4.78, 5) is 0. The molecule has 1 heterocycles. The molecule has 3 rings (SSSR count). The van der Waals surface area contributed by atoms with Crippen LogP contribution >= 0.6 is 0 Å². The second-order valence-electron chi connectivity index (χ2n) is 6.89. The van der Waals surface area contributed by atoms with Gasteiger partial charge in [-0.05, 0) is 43.9 Å². The lowest BCUT2D eigenvalue weighted by molar-refractivity contribution is 0.363. The summed E-state index contributed by atoms with van der Waals surface area (Å²) in [6, 6.07) is 9.92. The molecule has 142 valence electrons. The van der Waals surface area contributed by atoms with Crippen LogP contribution in [0.2, 0.25) is 0 Å². The van der Waals surface area contributed by atoms with Crippen molar-refractivity contribution in [1.29, 1.82) is 0 Å². The molecule has 0 unspecified atom stereocenters. The molecule has 0 radical (unpaired) electrons. The number of aromatic nitrogens is 2. The molecule has 0 atom stereocenters. The Morgan fingerprint density at radius 1 is 1.19 bits per heavy atom. The van der Waals surface area contributed by atoms with Gasteiger partial charge in [0.2, 0.25) is 0 Å². The van der Waals surface area contributed by atoms with Gasteiger partial charge < -0.3 is 4.74 Å². The first-order valence-corrected chi connectivity index (χ1v) is 10.2. The van der Waals surface area contributed by atoms with Crippen LogP contribution in [0.5, 0.6) is 5.75 Å². The van der Waals surface area contributed by atoms with Crippen molar-refractivity contribution in [3.63, 3.8) is 0 Å². The second kappa shape index (κ2) is 7.77. The minimum absolute atomic E-state index is 0.000531. The number of rotatable bonds is 6. The number of hydrogen-bond acceptors (Lipinski definition) is 4. The Bertz CT molecular complexity index is 840. The first-order chi connectivity index (χ1) is 12.4. The minimum Gasteiger partial charge on any atom is -0.497 e. The fraction of sp³-hybridized carbons (Fsp3) is 0.500. The molecule has 2 N–H and O–H groups in total. The van der Waals surface area contributed by atoms with E-state index in [-0.39, 0.29) is 6.04 Å². The molecule has 8 heteroatoms. The summed E-state index contributed by atoms with van der Waals surface area (Å²) < 4.78 is 33.2. The molecule has 0 spiro atoms. The molecule has 7 nitrogen and oxygen atoms in total. The van der Waals surface area contributed by atoms with Gasteiger partial charge in [0.25, 0.3) is 10.2 Å². The Labute approximate surface area is 154 Å². The van der Waals surface area contributed by atoms with E-state index in [1.54, 1.807) is 21.2 Å². The second-order valence-corrected chi connectivity index (χ2v) is 8.81. The number of hydrogen-bond donors (Lipinski definition) is 2. The van der Waals surface area contributed by atoms with Crippen LogP contribution in [-0.4, -0.2) is 50.2 Å². The average Bonchev–Trinajstić information content (AvgIpc) is 3.12. The highest BCUT2D eigenvalue weighted by atomic mass is 32.2. The zero-order valence-electron chi connectivity index (χ0n) is 15.4. The maximum absolute atomic E-state index is 12.0. The summed E-state index contributed by atoms with van der Waals surface area (Å²) in [6.07, 6.45) is 3.51. The van der Waals surface area contributed by atoms with Crippen molar-refractivity contribution in [2.45, 2.75) is 37.6 Å². The molecule has 1 fully saturated rings. The third kappa shape index (κ3) is 4.25. The van der Waals surface area contributed by atoms with Crippen molar-refractivity contribution in [2.75, 3.05) is 21.2 Å². The Hall–Kier alpha value is -1.90. The SMILES string of the molecule is COc1cccc(-c2cc(C3CCC(NS(=O)(=O)N(C)C)CC3)[nH]n2)c1. The van der Waals surface area contributed by atoms with E-state index < -0.39 is 10.2 Å². The maximum atomic E-state index is 12.0. The van der Waals surface area contributed by atoms with E-state index in [0.717, 1.165) is 48.4 Å². The lowest BCUT2D eigenvalue weighted by Crippen LogP contribution is -2.43. The van der Waals surface area contributed by atoms with Crippen molar-refractivity contribution in [1.82, 2.24) is 19.2 Å². The predicted molar refractivity (Wildman–Crippen MR) is 101 cm³/mol. The van der Waals surface area contributed by atoms with Gasteiger partial charge in [-0.3, -0.25) is 5.10 Å². The van der Waals surface area contributed by atoms with E-state index in [9.17, 15) is 8.42 Å². The van der Waals surface area contributed by atoms with Crippen LogP contribution in [0, 0.1) is 0 Å². The standard InChI is InChI=1S/C18H26N4O3S/c1-22(2)26(23,24)21-15-9-7-13(8-10-15)17-12-18(20-19-17)14-5-4-6-16(11-14)25-3/h4-6,11-13,15,21H,7-10H2,1-3H3,(H,19,20). The minimum atomic E-state index is -3.37. The van der Waals surface area contributed by atoms with Gasteiger partial charge in [0.05, 0.1) is 12.8 Å². The molecule has 1 aromatic heterocycles. The third-order valence-electron chi connectivity index (χ3n) is 4.93. The Balaban J connectivity index is 1.63. The van der Waals surface area contributed by atoms with Crippen LogP contribution in [0.4, 0.5) is 0 Å². The first-order valence-electron chi connectivity index (χ1n) is 8.78. The number of aromatic amines is 1. The third-order valence-corrected chi connectivity index (χ3v) is 6.52. The van der Waals surface area contributed by atoms with Gasteiger partial charge in [0.1, 0.15) is 5.75 Å². The van der Waals surface area contributed by atoms with Gasteiger partial charge in [-0.15, -0.1) is 0 Å². The Morgan fingerprint density at radius 3 is 2.58 bits per heavy atom. The topological polar surface area (TPSA) is 87.3 Å².